The average Bonchev–Trinajstić information content (AvgIpc) is 3.27. The molecular weight excluding hydrogens is 547 g/mol. The van der Waals surface area contributed by atoms with Gasteiger partial charge in [-0.25, -0.2) is 23.4 Å². The Morgan fingerprint density at radius 3 is 2.66 bits per heavy atom. The zero-order valence-electron chi connectivity index (χ0n) is 20.1. The van der Waals surface area contributed by atoms with Crippen LogP contribution in [0, 0.1) is 0 Å². The molecule has 1 aromatic carbocycles. The molecule has 0 bridgehead atoms. The number of hydrogen-bond donors (Lipinski definition) is 3. The maximum Gasteiger partial charge on any atom is 0.433 e. The lowest BCUT2D eigenvalue weighted by Crippen LogP contribution is -2.35. The highest BCUT2D eigenvalue weighted by atomic mass is 32.2. The number of rotatable bonds is 6. The zero-order chi connectivity index (χ0) is 27.7. The Morgan fingerprint density at radius 1 is 1.21 bits per heavy atom. The number of nitrogens with zero attached hydrogens (tertiary/aromatic N) is 4. The van der Waals surface area contributed by atoms with Gasteiger partial charge in [-0.2, -0.15) is 13.2 Å². The standard InChI is InChI=1S/C23H24F3N5O5S2/c1-38(35,36)16-10-14(9-15(11-16)29-21-27-6-3-18(30-21)23(24,25)26)17-12-28-20(37-17)22(34)4-2-7-31(8-5-22)19(33)13-32/h3,6,9-12,32,34H,2,4-5,7-8,13H2,1H3,(H,27,29,30)/t22-/m1/s1. The Morgan fingerprint density at radius 2 is 1.97 bits per heavy atom. The van der Waals surface area contributed by atoms with Gasteiger partial charge >= 0.3 is 6.18 Å². The fourth-order valence-electron chi connectivity index (χ4n) is 4.04. The van der Waals surface area contributed by atoms with Crippen molar-refractivity contribution in [1.29, 1.82) is 0 Å². The minimum absolute atomic E-state index is 0.0919. The van der Waals surface area contributed by atoms with Crippen molar-refractivity contribution in [3.63, 3.8) is 0 Å². The maximum atomic E-state index is 13.1. The zero-order valence-corrected chi connectivity index (χ0v) is 21.7. The minimum Gasteiger partial charge on any atom is -0.387 e. The highest BCUT2D eigenvalue weighted by Gasteiger charge is 2.36. The molecule has 1 fully saturated rings. The van der Waals surface area contributed by atoms with Crippen molar-refractivity contribution >= 4 is 38.7 Å². The number of hydrogen-bond acceptors (Lipinski definition) is 10. The number of amides is 1. The molecule has 10 nitrogen and oxygen atoms in total. The minimum atomic E-state index is -4.68. The molecule has 0 saturated carbocycles. The van der Waals surface area contributed by atoms with Gasteiger partial charge in [0.25, 0.3) is 0 Å². The van der Waals surface area contributed by atoms with Gasteiger partial charge < -0.3 is 20.4 Å². The number of benzene rings is 1. The van der Waals surface area contributed by atoms with Gasteiger partial charge in [-0.1, -0.05) is 0 Å². The van der Waals surface area contributed by atoms with E-state index in [1.807, 2.05) is 0 Å². The van der Waals surface area contributed by atoms with Crippen molar-refractivity contribution < 1.29 is 36.6 Å². The van der Waals surface area contributed by atoms with Gasteiger partial charge in [-0.15, -0.1) is 11.3 Å². The molecule has 15 heteroatoms. The van der Waals surface area contributed by atoms with E-state index in [4.69, 9.17) is 5.11 Å². The predicted molar refractivity (Wildman–Crippen MR) is 132 cm³/mol. The van der Waals surface area contributed by atoms with Gasteiger partial charge in [0, 0.05) is 43.8 Å². The molecule has 0 unspecified atom stereocenters. The highest BCUT2D eigenvalue weighted by Crippen LogP contribution is 2.39. The van der Waals surface area contributed by atoms with Gasteiger partial charge in [-0.05, 0) is 42.7 Å². The van der Waals surface area contributed by atoms with Crippen LogP contribution in [0.25, 0.3) is 10.4 Å². The molecule has 3 aromatic rings. The molecule has 1 aliphatic rings. The number of thiazole rings is 1. The maximum absolute atomic E-state index is 13.1. The number of nitrogens with one attached hydrogen (secondary N) is 1. The molecule has 0 aliphatic carbocycles. The van der Waals surface area contributed by atoms with Gasteiger partial charge in [0.1, 0.15) is 22.9 Å². The summed E-state index contributed by atoms with van der Waals surface area (Å²) in [6, 6.07) is 4.91. The van der Waals surface area contributed by atoms with Crippen molar-refractivity contribution in [2.24, 2.45) is 0 Å². The number of aliphatic hydroxyl groups is 2. The SMILES string of the molecule is CS(=O)(=O)c1cc(Nc2nccc(C(F)(F)F)n2)cc(-c2cnc([C@@]3(O)CCCN(C(=O)CO)CC3)s2)c1. The molecule has 2 aromatic heterocycles. The average molecular weight is 572 g/mol. The summed E-state index contributed by atoms with van der Waals surface area (Å²) >= 11 is 1.14. The van der Waals surface area contributed by atoms with Crippen LogP contribution >= 0.6 is 11.3 Å². The van der Waals surface area contributed by atoms with E-state index in [9.17, 15) is 31.5 Å². The molecule has 0 spiro atoms. The quantitative estimate of drug-likeness (QED) is 0.407. The molecule has 0 radical (unpaired) electrons. The van der Waals surface area contributed by atoms with Crippen LogP contribution in [0.1, 0.15) is 30.0 Å². The Bertz CT molecular complexity index is 1450. The van der Waals surface area contributed by atoms with Crippen molar-refractivity contribution in [3.8, 4) is 10.4 Å². The molecule has 1 aliphatic heterocycles. The topological polar surface area (TPSA) is 146 Å². The lowest BCUT2D eigenvalue weighted by atomic mass is 9.96. The first-order valence-electron chi connectivity index (χ1n) is 11.4. The molecule has 4 rings (SSSR count). The second-order valence-electron chi connectivity index (χ2n) is 8.86. The van der Waals surface area contributed by atoms with Crippen molar-refractivity contribution in [2.75, 3.05) is 31.3 Å². The Labute approximate surface area is 220 Å². The van der Waals surface area contributed by atoms with Gasteiger partial charge in [0.05, 0.1) is 9.77 Å². The second kappa shape index (κ2) is 10.6. The predicted octanol–water partition coefficient (Wildman–Crippen LogP) is 2.96. The molecule has 1 atom stereocenters. The van der Waals surface area contributed by atoms with E-state index < -0.39 is 39.8 Å². The normalized spacial score (nSPS) is 18.7. The van der Waals surface area contributed by atoms with E-state index in [1.54, 1.807) is 0 Å². The molecular formula is C23H24F3N5O5S2. The van der Waals surface area contributed by atoms with E-state index in [0.29, 0.717) is 34.8 Å². The van der Waals surface area contributed by atoms with Crippen LogP contribution in [0.2, 0.25) is 0 Å². The van der Waals surface area contributed by atoms with E-state index in [-0.39, 0.29) is 29.5 Å². The van der Waals surface area contributed by atoms with Crippen LogP contribution in [0.5, 0.6) is 0 Å². The summed E-state index contributed by atoms with van der Waals surface area (Å²) in [5.41, 5.74) is -1.93. The first-order valence-corrected chi connectivity index (χ1v) is 14.1. The largest absolute Gasteiger partial charge is 0.433 e. The molecule has 1 amide bonds. The van der Waals surface area contributed by atoms with E-state index in [1.165, 1.54) is 29.3 Å². The van der Waals surface area contributed by atoms with Gasteiger partial charge in [0.2, 0.25) is 11.9 Å². The number of aromatic nitrogens is 3. The summed E-state index contributed by atoms with van der Waals surface area (Å²) in [6.07, 6.45) is -0.233. The van der Waals surface area contributed by atoms with Crippen LogP contribution in [-0.4, -0.2) is 70.3 Å². The van der Waals surface area contributed by atoms with Crippen molar-refractivity contribution in [3.05, 3.63) is 47.4 Å². The summed E-state index contributed by atoms with van der Waals surface area (Å²) in [4.78, 5) is 25.4. The third-order valence-corrected chi connectivity index (χ3v) is 8.36. The second-order valence-corrected chi connectivity index (χ2v) is 11.9. The smallest absolute Gasteiger partial charge is 0.387 e. The summed E-state index contributed by atoms with van der Waals surface area (Å²) in [5.74, 6) is -0.785. The Balaban J connectivity index is 1.66. The van der Waals surface area contributed by atoms with E-state index in [0.717, 1.165) is 29.9 Å². The third kappa shape index (κ3) is 6.28. The number of anilines is 2. The van der Waals surface area contributed by atoms with E-state index in [2.05, 4.69) is 20.3 Å². The first kappa shape index (κ1) is 27.9. The van der Waals surface area contributed by atoms with Crippen molar-refractivity contribution in [2.45, 2.75) is 35.9 Å². The lowest BCUT2D eigenvalue weighted by Gasteiger charge is -2.24. The number of likely N-dealkylation sites (tertiary alicyclic amines) is 1. The van der Waals surface area contributed by atoms with Crippen LogP contribution in [-0.2, 0) is 26.4 Å². The van der Waals surface area contributed by atoms with Gasteiger partial charge in [-0.3, -0.25) is 4.79 Å². The summed E-state index contributed by atoms with van der Waals surface area (Å²) in [5, 5.41) is 23.5. The Kier molecular flexibility index (Phi) is 7.74. The van der Waals surface area contributed by atoms with Crippen LogP contribution in [0.3, 0.4) is 0 Å². The number of carbonyl (C=O) groups is 1. The number of halogens is 3. The van der Waals surface area contributed by atoms with Gasteiger partial charge in [0.15, 0.2) is 9.84 Å². The number of carbonyl (C=O) groups excluding carboxylic acids is 1. The highest BCUT2D eigenvalue weighted by molar-refractivity contribution is 7.90. The summed E-state index contributed by atoms with van der Waals surface area (Å²) in [6.45, 7) is 0.0147. The van der Waals surface area contributed by atoms with E-state index >= 15 is 0 Å². The van der Waals surface area contributed by atoms with Crippen molar-refractivity contribution in [1.82, 2.24) is 19.9 Å². The monoisotopic (exact) mass is 571 g/mol. The fraction of sp³-hybridized carbons (Fsp3) is 0.391. The Hall–Kier alpha value is -3.14. The number of aliphatic hydroxyl groups excluding tert-OH is 1. The molecule has 204 valence electrons. The summed E-state index contributed by atoms with van der Waals surface area (Å²) in [7, 11) is -3.71. The molecule has 1 saturated heterocycles. The molecule has 3 heterocycles. The van der Waals surface area contributed by atoms with Crippen LogP contribution < -0.4 is 5.32 Å². The molecule has 38 heavy (non-hydrogen) atoms. The fourth-order valence-corrected chi connectivity index (χ4v) is 5.77. The number of alkyl halides is 3. The lowest BCUT2D eigenvalue weighted by molar-refractivity contribution is -0.141. The molecule has 3 N–H and O–H groups in total. The van der Waals surface area contributed by atoms with Crippen LogP contribution in [0.15, 0.2) is 41.6 Å². The summed E-state index contributed by atoms with van der Waals surface area (Å²) < 4.78 is 63.8. The first-order chi connectivity index (χ1) is 17.8. The number of sulfone groups is 1. The third-order valence-electron chi connectivity index (χ3n) is 6.03. The van der Waals surface area contributed by atoms with Crippen LogP contribution in [0.4, 0.5) is 24.8 Å².